The molecule has 1 aliphatic heterocycles. The maximum Gasteiger partial charge on any atom is 0.405 e. The maximum absolute atomic E-state index is 13.8. The van der Waals surface area contributed by atoms with E-state index in [9.17, 15) is 22.0 Å². The van der Waals surface area contributed by atoms with Crippen molar-refractivity contribution in [3.05, 3.63) is 65.7 Å². The zero-order valence-corrected chi connectivity index (χ0v) is 16.8. The summed E-state index contributed by atoms with van der Waals surface area (Å²) in [6, 6.07) is 10.6. The zero-order chi connectivity index (χ0) is 21.7. The molecule has 1 unspecified atom stereocenters. The molecule has 1 fully saturated rings. The highest BCUT2D eigenvalue weighted by Gasteiger charge is 2.32. The Labute approximate surface area is 173 Å². The highest BCUT2D eigenvalue weighted by atomic mass is 32.2. The Hall–Kier alpha value is -2.72. The standard InChI is InChI=1S/C20H22F2N2O5S/c21-15-6-7-19(17(22)12-15)29-16-8-10-24(11-9-16)30(27,28)13-18(23-20(25)26)14-4-2-1-3-5-14/h1-7,12,16,18,23H,8-11,13H2,(H,25,26). The largest absolute Gasteiger partial charge is 0.487 e. The Kier molecular flexibility index (Phi) is 6.88. The number of ether oxygens (including phenoxy) is 1. The van der Waals surface area contributed by atoms with E-state index in [4.69, 9.17) is 9.84 Å². The average Bonchev–Trinajstić information content (AvgIpc) is 2.70. The lowest BCUT2D eigenvalue weighted by atomic mass is 10.1. The Bertz CT molecular complexity index is 980. The topological polar surface area (TPSA) is 95.9 Å². The van der Waals surface area contributed by atoms with Crippen LogP contribution in [0.3, 0.4) is 0 Å². The van der Waals surface area contributed by atoms with Gasteiger partial charge in [0.1, 0.15) is 11.9 Å². The first kappa shape index (κ1) is 22.0. The Morgan fingerprint density at radius 1 is 1.17 bits per heavy atom. The van der Waals surface area contributed by atoms with Crippen molar-refractivity contribution in [1.82, 2.24) is 9.62 Å². The van der Waals surface area contributed by atoms with Gasteiger partial charge >= 0.3 is 6.09 Å². The molecule has 162 valence electrons. The van der Waals surface area contributed by atoms with Gasteiger partial charge in [-0.25, -0.2) is 26.3 Å². The molecular weight excluding hydrogens is 418 g/mol. The molecule has 7 nitrogen and oxygen atoms in total. The van der Waals surface area contributed by atoms with Crippen LogP contribution >= 0.6 is 0 Å². The number of hydrogen-bond acceptors (Lipinski definition) is 4. The van der Waals surface area contributed by atoms with E-state index in [0.29, 0.717) is 18.4 Å². The van der Waals surface area contributed by atoms with Crippen LogP contribution in [0.1, 0.15) is 24.4 Å². The predicted octanol–water partition coefficient (Wildman–Crippen LogP) is 3.15. The van der Waals surface area contributed by atoms with E-state index in [1.807, 2.05) is 0 Å². The van der Waals surface area contributed by atoms with Gasteiger partial charge in [-0.05, 0) is 30.5 Å². The quantitative estimate of drug-likeness (QED) is 0.690. The molecule has 0 aromatic heterocycles. The summed E-state index contributed by atoms with van der Waals surface area (Å²) in [7, 11) is -3.76. The van der Waals surface area contributed by atoms with Gasteiger partial charge in [-0.3, -0.25) is 0 Å². The molecule has 1 saturated heterocycles. The van der Waals surface area contributed by atoms with Crippen LogP contribution in [-0.2, 0) is 10.0 Å². The molecule has 10 heteroatoms. The Morgan fingerprint density at radius 2 is 1.83 bits per heavy atom. The van der Waals surface area contributed by atoms with Gasteiger partial charge in [0.2, 0.25) is 10.0 Å². The molecule has 0 saturated carbocycles. The summed E-state index contributed by atoms with van der Waals surface area (Å²) < 4.78 is 59.3. The van der Waals surface area contributed by atoms with Gasteiger partial charge < -0.3 is 15.2 Å². The van der Waals surface area contributed by atoms with E-state index in [1.54, 1.807) is 30.3 Å². The number of sulfonamides is 1. The van der Waals surface area contributed by atoms with E-state index in [2.05, 4.69) is 5.32 Å². The van der Waals surface area contributed by atoms with Crippen molar-refractivity contribution in [1.29, 1.82) is 0 Å². The number of carboxylic acid groups (broad SMARTS) is 1. The van der Waals surface area contributed by atoms with Gasteiger partial charge in [-0.2, -0.15) is 0 Å². The van der Waals surface area contributed by atoms with Crippen LogP contribution in [-0.4, -0.2) is 48.9 Å². The Morgan fingerprint density at radius 3 is 2.43 bits per heavy atom. The van der Waals surface area contributed by atoms with Crippen LogP contribution in [0.25, 0.3) is 0 Å². The summed E-state index contributed by atoms with van der Waals surface area (Å²) >= 11 is 0. The molecule has 30 heavy (non-hydrogen) atoms. The van der Waals surface area contributed by atoms with Crippen molar-refractivity contribution in [3.63, 3.8) is 0 Å². The first-order valence-corrected chi connectivity index (χ1v) is 11.0. The second-order valence-corrected chi connectivity index (χ2v) is 9.00. The molecule has 1 atom stereocenters. The van der Waals surface area contributed by atoms with Crippen LogP contribution in [0.4, 0.5) is 13.6 Å². The van der Waals surface area contributed by atoms with E-state index in [-0.39, 0.29) is 18.8 Å². The molecule has 2 N–H and O–H groups in total. The fourth-order valence-electron chi connectivity index (χ4n) is 3.35. The van der Waals surface area contributed by atoms with Crippen molar-refractivity contribution < 1.29 is 31.8 Å². The van der Waals surface area contributed by atoms with Crippen molar-refractivity contribution in [2.45, 2.75) is 25.0 Å². The van der Waals surface area contributed by atoms with Crippen LogP contribution in [0.5, 0.6) is 5.75 Å². The summed E-state index contributed by atoms with van der Waals surface area (Å²) in [5.74, 6) is -2.01. The molecule has 0 aliphatic carbocycles. The molecule has 0 radical (unpaired) electrons. The van der Waals surface area contributed by atoms with Crippen LogP contribution in [0, 0.1) is 11.6 Å². The van der Waals surface area contributed by atoms with Gasteiger partial charge in [0.05, 0.1) is 11.8 Å². The second-order valence-electron chi connectivity index (χ2n) is 6.98. The molecule has 1 amide bonds. The third kappa shape index (κ3) is 5.67. The van der Waals surface area contributed by atoms with E-state index >= 15 is 0 Å². The van der Waals surface area contributed by atoms with Gasteiger partial charge in [-0.15, -0.1) is 0 Å². The number of carbonyl (C=O) groups is 1. The van der Waals surface area contributed by atoms with Gasteiger partial charge in [0, 0.05) is 19.2 Å². The van der Waals surface area contributed by atoms with E-state index in [1.165, 1.54) is 10.4 Å². The molecule has 0 spiro atoms. The van der Waals surface area contributed by atoms with Crippen molar-refractivity contribution >= 4 is 16.1 Å². The minimum atomic E-state index is -3.76. The van der Waals surface area contributed by atoms with Crippen molar-refractivity contribution in [2.24, 2.45) is 0 Å². The van der Waals surface area contributed by atoms with E-state index < -0.39 is 45.6 Å². The van der Waals surface area contributed by atoms with Crippen molar-refractivity contribution in [2.75, 3.05) is 18.8 Å². The maximum atomic E-state index is 13.8. The first-order valence-electron chi connectivity index (χ1n) is 9.38. The summed E-state index contributed by atoms with van der Waals surface area (Å²) in [6.07, 6.45) is -1.05. The minimum Gasteiger partial charge on any atom is -0.487 e. The summed E-state index contributed by atoms with van der Waals surface area (Å²) in [5.41, 5.74) is 0.550. The molecule has 1 aliphatic rings. The lowest BCUT2D eigenvalue weighted by Gasteiger charge is -2.32. The molecule has 2 aromatic carbocycles. The number of hydrogen-bond donors (Lipinski definition) is 2. The zero-order valence-electron chi connectivity index (χ0n) is 16.0. The summed E-state index contributed by atoms with van der Waals surface area (Å²) in [6.45, 7) is 0.314. The third-order valence-corrected chi connectivity index (χ3v) is 6.77. The molecule has 3 rings (SSSR count). The molecular formula is C20H22F2N2O5S. The number of amides is 1. The number of nitrogens with one attached hydrogen (secondary N) is 1. The van der Waals surface area contributed by atoms with Crippen LogP contribution < -0.4 is 10.1 Å². The van der Waals surface area contributed by atoms with E-state index in [0.717, 1.165) is 12.1 Å². The minimum absolute atomic E-state index is 0.0764. The first-order chi connectivity index (χ1) is 14.2. The number of nitrogens with zero attached hydrogens (tertiary/aromatic N) is 1. The number of benzene rings is 2. The molecule has 1 heterocycles. The van der Waals surface area contributed by atoms with Crippen molar-refractivity contribution in [3.8, 4) is 5.75 Å². The normalized spacial score (nSPS) is 16.7. The highest BCUT2D eigenvalue weighted by molar-refractivity contribution is 7.89. The molecule has 2 aromatic rings. The number of halogens is 2. The van der Waals surface area contributed by atoms with Gasteiger partial charge in [-0.1, -0.05) is 30.3 Å². The van der Waals surface area contributed by atoms with Crippen LogP contribution in [0.15, 0.2) is 48.5 Å². The summed E-state index contributed by atoms with van der Waals surface area (Å²) in [4.78, 5) is 11.1. The lowest BCUT2D eigenvalue weighted by Crippen LogP contribution is -2.45. The van der Waals surface area contributed by atoms with Gasteiger partial charge in [0.25, 0.3) is 0 Å². The smallest absolute Gasteiger partial charge is 0.405 e. The SMILES string of the molecule is O=C(O)NC(CS(=O)(=O)N1CCC(Oc2ccc(F)cc2F)CC1)c1ccccc1. The lowest BCUT2D eigenvalue weighted by molar-refractivity contribution is 0.129. The van der Waals surface area contributed by atoms with Gasteiger partial charge in [0.15, 0.2) is 11.6 Å². The van der Waals surface area contributed by atoms with Crippen LogP contribution in [0.2, 0.25) is 0 Å². The summed E-state index contributed by atoms with van der Waals surface area (Å²) in [5, 5.41) is 11.3. The monoisotopic (exact) mass is 440 g/mol. The fraction of sp³-hybridized carbons (Fsp3) is 0.350. The number of rotatable bonds is 7. The average molecular weight is 440 g/mol. The molecule has 0 bridgehead atoms. The third-order valence-electron chi connectivity index (χ3n) is 4.86. The fourth-order valence-corrected chi connectivity index (χ4v) is 5.03. The Balaban J connectivity index is 1.62. The predicted molar refractivity (Wildman–Crippen MR) is 106 cm³/mol. The second kappa shape index (κ2) is 9.40. The number of piperidine rings is 1. The highest BCUT2D eigenvalue weighted by Crippen LogP contribution is 2.25.